The van der Waals surface area contributed by atoms with Crippen LogP contribution in [0.4, 0.5) is 0 Å². The zero-order valence-electron chi connectivity index (χ0n) is 8.56. The van der Waals surface area contributed by atoms with Crippen molar-refractivity contribution in [2.45, 2.75) is 24.6 Å². The molecule has 0 bridgehead atoms. The predicted molar refractivity (Wildman–Crippen MR) is 54.8 cm³/mol. The Labute approximate surface area is 92.9 Å². The first-order chi connectivity index (χ1) is 7.68. The van der Waals surface area contributed by atoms with E-state index in [1.165, 1.54) is 0 Å². The average molecular weight is 226 g/mol. The van der Waals surface area contributed by atoms with Crippen LogP contribution in [0, 0.1) is 0 Å². The lowest BCUT2D eigenvalue weighted by atomic mass is 10.1. The van der Waals surface area contributed by atoms with Gasteiger partial charge in [0.15, 0.2) is 0 Å². The lowest BCUT2D eigenvalue weighted by Crippen LogP contribution is -2.54. The highest BCUT2D eigenvalue weighted by atomic mass is 16.7. The SMILES string of the molecule is O[C@@H]1[C@H](Oc2ccccc2)OC[C@@H](O)[C@@H]1O. The minimum atomic E-state index is -1.26. The molecule has 0 amide bonds. The third kappa shape index (κ3) is 2.33. The van der Waals surface area contributed by atoms with Crippen LogP contribution in [0.3, 0.4) is 0 Å². The van der Waals surface area contributed by atoms with Crippen LogP contribution in [-0.4, -0.2) is 46.5 Å². The summed E-state index contributed by atoms with van der Waals surface area (Å²) < 4.78 is 10.4. The van der Waals surface area contributed by atoms with E-state index in [9.17, 15) is 15.3 Å². The van der Waals surface area contributed by atoms with Crippen LogP contribution in [0.1, 0.15) is 0 Å². The smallest absolute Gasteiger partial charge is 0.228 e. The molecule has 0 aliphatic carbocycles. The zero-order chi connectivity index (χ0) is 11.5. The van der Waals surface area contributed by atoms with E-state index in [1.807, 2.05) is 6.07 Å². The number of aliphatic hydroxyl groups excluding tert-OH is 3. The van der Waals surface area contributed by atoms with Crippen molar-refractivity contribution in [1.29, 1.82) is 0 Å². The molecule has 1 fully saturated rings. The van der Waals surface area contributed by atoms with Gasteiger partial charge < -0.3 is 24.8 Å². The Hall–Kier alpha value is -1.14. The molecule has 88 valence electrons. The van der Waals surface area contributed by atoms with Crippen LogP contribution < -0.4 is 4.74 Å². The summed E-state index contributed by atoms with van der Waals surface area (Å²) in [7, 11) is 0. The summed E-state index contributed by atoms with van der Waals surface area (Å²) in [5.74, 6) is 0.537. The second kappa shape index (κ2) is 4.80. The second-order valence-corrected chi connectivity index (χ2v) is 3.68. The van der Waals surface area contributed by atoms with Gasteiger partial charge in [0.1, 0.15) is 24.1 Å². The van der Waals surface area contributed by atoms with Crippen molar-refractivity contribution in [2.24, 2.45) is 0 Å². The molecular weight excluding hydrogens is 212 g/mol. The third-order valence-corrected chi connectivity index (χ3v) is 2.45. The van der Waals surface area contributed by atoms with E-state index >= 15 is 0 Å². The fourth-order valence-electron chi connectivity index (χ4n) is 1.52. The van der Waals surface area contributed by atoms with Crippen LogP contribution in [0.2, 0.25) is 0 Å². The fraction of sp³-hybridized carbons (Fsp3) is 0.455. The van der Waals surface area contributed by atoms with Crippen molar-refractivity contribution in [1.82, 2.24) is 0 Å². The van der Waals surface area contributed by atoms with Gasteiger partial charge >= 0.3 is 0 Å². The van der Waals surface area contributed by atoms with Crippen LogP contribution >= 0.6 is 0 Å². The molecule has 1 aliphatic heterocycles. The van der Waals surface area contributed by atoms with Crippen molar-refractivity contribution in [3.8, 4) is 5.75 Å². The summed E-state index contributed by atoms with van der Waals surface area (Å²) >= 11 is 0. The standard InChI is InChI=1S/C11H14O5/c12-8-6-15-11(10(14)9(8)13)16-7-4-2-1-3-5-7/h1-5,8-14H,6H2/t8-,9+,10+,11+/m1/s1. The van der Waals surface area contributed by atoms with Gasteiger partial charge in [-0.15, -0.1) is 0 Å². The highest BCUT2D eigenvalue weighted by Crippen LogP contribution is 2.19. The molecule has 0 aromatic heterocycles. The van der Waals surface area contributed by atoms with Gasteiger partial charge in [0.05, 0.1) is 6.61 Å². The molecular formula is C11H14O5. The molecule has 3 N–H and O–H groups in total. The molecule has 1 aromatic rings. The molecule has 2 rings (SSSR count). The van der Waals surface area contributed by atoms with Gasteiger partial charge in [0.2, 0.25) is 6.29 Å². The van der Waals surface area contributed by atoms with Crippen LogP contribution in [0.15, 0.2) is 30.3 Å². The Morgan fingerprint density at radius 2 is 1.75 bits per heavy atom. The number of rotatable bonds is 2. The van der Waals surface area contributed by atoms with E-state index in [0.717, 1.165) is 0 Å². The molecule has 5 heteroatoms. The van der Waals surface area contributed by atoms with Crippen LogP contribution in [-0.2, 0) is 4.74 Å². The highest BCUT2D eigenvalue weighted by molar-refractivity contribution is 5.21. The number of hydrogen-bond acceptors (Lipinski definition) is 5. The largest absolute Gasteiger partial charge is 0.462 e. The van der Waals surface area contributed by atoms with Crippen LogP contribution in [0.25, 0.3) is 0 Å². The Balaban J connectivity index is 2.00. The Bertz CT molecular complexity index is 328. The summed E-state index contributed by atoms with van der Waals surface area (Å²) in [5, 5.41) is 28.3. The molecule has 0 saturated carbocycles. The topological polar surface area (TPSA) is 79.2 Å². The summed E-state index contributed by atoms with van der Waals surface area (Å²) in [5.41, 5.74) is 0. The van der Waals surface area contributed by atoms with Gasteiger partial charge in [-0.3, -0.25) is 0 Å². The molecule has 0 unspecified atom stereocenters. The number of para-hydroxylation sites is 1. The molecule has 0 spiro atoms. The maximum absolute atomic E-state index is 9.61. The van der Waals surface area contributed by atoms with E-state index in [0.29, 0.717) is 5.75 Å². The third-order valence-electron chi connectivity index (χ3n) is 2.45. The Morgan fingerprint density at radius 3 is 2.44 bits per heavy atom. The van der Waals surface area contributed by atoms with Crippen LogP contribution in [0.5, 0.6) is 5.75 Å². The van der Waals surface area contributed by atoms with Gasteiger partial charge in [-0.25, -0.2) is 0 Å². The average Bonchev–Trinajstić information content (AvgIpc) is 2.31. The molecule has 1 heterocycles. The van der Waals surface area contributed by atoms with Crippen molar-refractivity contribution in [3.05, 3.63) is 30.3 Å². The molecule has 4 atom stereocenters. The molecule has 0 radical (unpaired) electrons. The van der Waals surface area contributed by atoms with Gasteiger partial charge in [0, 0.05) is 0 Å². The molecule has 5 nitrogen and oxygen atoms in total. The van der Waals surface area contributed by atoms with Gasteiger partial charge in [-0.1, -0.05) is 18.2 Å². The summed E-state index contributed by atoms with van der Waals surface area (Å²) in [6, 6.07) is 8.84. The van der Waals surface area contributed by atoms with Crippen molar-refractivity contribution < 1.29 is 24.8 Å². The summed E-state index contributed by atoms with van der Waals surface area (Å²) in [6.45, 7) is -0.0598. The Kier molecular flexibility index (Phi) is 3.40. The number of aliphatic hydroxyl groups is 3. The normalized spacial score (nSPS) is 34.7. The summed E-state index contributed by atoms with van der Waals surface area (Å²) in [4.78, 5) is 0. The maximum Gasteiger partial charge on any atom is 0.228 e. The number of benzene rings is 1. The van der Waals surface area contributed by atoms with Gasteiger partial charge in [-0.05, 0) is 12.1 Å². The zero-order valence-corrected chi connectivity index (χ0v) is 8.56. The van der Waals surface area contributed by atoms with Gasteiger partial charge in [0.25, 0.3) is 0 Å². The first-order valence-electron chi connectivity index (χ1n) is 5.06. The van der Waals surface area contributed by atoms with E-state index < -0.39 is 24.6 Å². The molecule has 1 aromatic carbocycles. The minimum Gasteiger partial charge on any atom is -0.462 e. The minimum absolute atomic E-state index is 0.0598. The predicted octanol–water partition coefficient (Wildman–Crippen LogP) is -0.496. The first-order valence-corrected chi connectivity index (χ1v) is 5.06. The Morgan fingerprint density at radius 1 is 1.06 bits per heavy atom. The van der Waals surface area contributed by atoms with E-state index in [1.54, 1.807) is 24.3 Å². The quantitative estimate of drug-likeness (QED) is 0.634. The number of hydrogen-bond donors (Lipinski definition) is 3. The van der Waals surface area contributed by atoms with E-state index in [-0.39, 0.29) is 6.61 Å². The second-order valence-electron chi connectivity index (χ2n) is 3.68. The number of ether oxygens (including phenoxy) is 2. The van der Waals surface area contributed by atoms with Crippen molar-refractivity contribution >= 4 is 0 Å². The monoisotopic (exact) mass is 226 g/mol. The van der Waals surface area contributed by atoms with Crippen molar-refractivity contribution in [2.75, 3.05) is 6.61 Å². The molecule has 1 aliphatic rings. The van der Waals surface area contributed by atoms with E-state index in [2.05, 4.69) is 0 Å². The summed E-state index contributed by atoms with van der Waals surface area (Å²) in [6.07, 6.45) is -4.54. The highest BCUT2D eigenvalue weighted by Gasteiger charge is 2.38. The van der Waals surface area contributed by atoms with Crippen molar-refractivity contribution in [3.63, 3.8) is 0 Å². The molecule has 16 heavy (non-hydrogen) atoms. The lowest BCUT2D eigenvalue weighted by molar-refractivity contribution is -0.242. The van der Waals surface area contributed by atoms with Gasteiger partial charge in [-0.2, -0.15) is 0 Å². The fourth-order valence-corrected chi connectivity index (χ4v) is 1.52. The lowest BCUT2D eigenvalue weighted by Gasteiger charge is -2.34. The maximum atomic E-state index is 9.61. The van der Waals surface area contributed by atoms with E-state index in [4.69, 9.17) is 9.47 Å². The molecule has 1 saturated heterocycles. The first kappa shape index (κ1) is 11.3.